The molecule has 7 heteroatoms. The molecule has 0 unspecified atom stereocenters. The van der Waals surface area contributed by atoms with Crippen molar-refractivity contribution in [2.24, 2.45) is 0 Å². The lowest BCUT2D eigenvalue weighted by Gasteiger charge is -2.36. The number of nitrogens with one attached hydrogen (secondary N) is 1. The predicted molar refractivity (Wildman–Crippen MR) is 81.4 cm³/mol. The second-order valence-corrected chi connectivity index (χ2v) is 5.21. The number of hydrogen-bond donors (Lipinski definition) is 1. The maximum atomic E-state index is 12.2. The van der Waals surface area contributed by atoms with Gasteiger partial charge in [-0.3, -0.25) is 14.5 Å². The van der Waals surface area contributed by atoms with Crippen LogP contribution in [0.2, 0.25) is 0 Å². The fourth-order valence-electron chi connectivity index (χ4n) is 2.76. The summed E-state index contributed by atoms with van der Waals surface area (Å²) in [6.07, 6.45) is 0. The zero-order valence-electron chi connectivity index (χ0n) is 12.5. The number of carbonyl (C=O) groups excluding carboxylic acids is 2. The molecule has 1 aromatic carbocycles. The number of nitrogens with zero attached hydrogens (tertiary/aromatic N) is 2. The van der Waals surface area contributed by atoms with Crippen molar-refractivity contribution >= 4 is 23.3 Å². The Morgan fingerprint density at radius 3 is 2.86 bits per heavy atom. The highest BCUT2D eigenvalue weighted by Gasteiger charge is 2.31. The average Bonchev–Trinajstić information content (AvgIpc) is 2.57. The topological polar surface area (TPSA) is 71.1 Å². The van der Waals surface area contributed by atoms with Crippen molar-refractivity contribution in [3.63, 3.8) is 0 Å². The van der Waals surface area contributed by atoms with Crippen molar-refractivity contribution in [1.82, 2.24) is 5.32 Å². The summed E-state index contributed by atoms with van der Waals surface area (Å²) in [6.45, 7) is 3.29. The SMILES string of the molecule is COC(=O)CN1C(=O)COc2cccc(N3CCNCC3)c21. The first-order valence-electron chi connectivity index (χ1n) is 7.29. The lowest BCUT2D eigenvalue weighted by atomic mass is 10.1. The number of esters is 1. The highest BCUT2D eigenvalue weighted by atomic mass is 16.5. The summed E-state index contributed by atoms with van der Waals surface area (Å²) in [5.41, 5.74) is 1.57. The lowest BCUT2D eigenvalue weighted by Crippen LogP contribution is -2.46. The van der Waals surface area contributed by atoms with Crippen molar-refractivity contribution in [2.75, 3.05) is 56.2 Å². The minimum absolute atomic E-state index is 0.0605. The number of ether oxygens (including phenoxy) is 2. The molecule has 3 rings (SSSR count). The number of anilines is 2. The van der Waals surface area contributed by atoms with Gasteiger partial charge in [0.25, 0.3) is 5.91 Å². The maximum Gasteiger partial charge on any atom is 0.325 e. The first kappa shape index (κ1) is 14.6. The Balaban J connectivity index is 1.99. The molecule has 2 aliphatic heterocycles. The van der Waals surface area contributed by atoms with Crippen LogP contribution >= 0.6 is 0 Å². The van der Waals surface area contributed by atoms with Gasteiger partial charge in [-0.1, -0.05) is 6.07 Å². The summed E-state index contributed by atoms with van der Waals surface area (Å²) >= 11 is 0. The number of methoxy groups -OCH3 is 1. The molecule has 7 nitrogen and oxygen atoms in total. The van der Waals surface area contributed by atoms with Crippen molar-refractivity contribution in [1.29, 1.82) is 0 Å². The van der Waals surface area contributed by atoms with Crippen LogP contribution in [0.5, 0.6) is 5.75 Å². The summed E-state index contributed by atoms with van der Waals surface area (Å²) in [5, 5.41) is 3.30. The van der Waals surface area contributed by atoms with Gasteiger partial charge in [0.1, 0.15) is 18.0 Å². The number of para-hydroxylation sites is 1. The fraction of sp³-hybridized carbons (Fsp3) is 0.467. The molecule has 0 aliphatic carbocycles. The van der Waals surface area contributed by atoms with Crippen LogP contribution in [-0.2, 0) is 14.3 Å². The number of hydrogen-bond acceptors (Lipinski definition) is 6. The van der Waals surface area contributed by atoms with Crippen LogP contribution in [-0.4, -0.2) is 58.3 Å². The first-order chi connectivity index (χ1) is 10.7. The molecule has 0 radical (unpaired) electrons. The van der Waals surface area contributed by atoms with Gasteiger partial charge in [-0.15, -0.1) is 0 Å². The van der Waals surface area contributed by atoms with Crippen LogP contribution in [0.25, 0.3) is 0 Å². The third-order valence-corrected chi connectivity index (χ3v) is 3.87. The molecule has 0 saturated carbocycles. The largest absolute Gasteiger partial charge is 0.481 e. The molecule has 118 valence electrons. The van der Waals surface area contributed by atoms with Gasteiger partial charge in [-0.25, -0.2) is 0 Å². The van der Waals surface area contributed by atoms with E-state index in [2.05, 4.69) is 10.2 Å². The van der Waals surface area contributed by atoms with Crippen molar-refractivity contribution in [3.8, 4) is 5.75 Å². The second kappa shape index (κ2) is 6.23. The fourth-order valence-corrected chi connectivity index (χ4v) is 2.76. The number of rotatable bonds is 3. The van der Waals surface area contributed by atoms with Crippen molar-refractivity contribution < 1.29 is 19.1 Å². The van der Waals surface area contributed by atoms with E-state index in [1.165, 1.54) is 12.0 Å². The summed E-state index contributed by atoms with van der Waals surface area (Å²) in [6, 6.07) is 5.68. The van der Waals surface area contributed by atoms with Crippen LogP contribution < -0.4 is 19.9 Å². The zero-order valence-corrected chi connectivity index (χ0v) is 12.5. The summed E-state index contributed by atoms with van der Waals surface area (Å²) in [4.78, 5) is 27.5. The maximum absolute atomic E-state index is 12.2. The minimum atomic E-state index is -0.448. The summed E-state index contributed by atoms with van der Waals surface area (Å²) < 4.78 is 10.2. The van der Waals surface area contributed by atoms with Crippen molar-refractivity contribution in [3.05, 3.63) is 18.2 Å². The van der Waals surface area contributed by atoms with E-state index in [1.54, 1.807) is 0 Å². The first-order valence-corrected chi connectivity index (χ1v) is 7.29. The molecule has 2 heterocycles. The smallest absolute Gasteiger partial charge is 0.325 e. The van der Waals surface area contributed by atoms with Crippen LogP contribution in [0.4, 0.5) is 11.4 Å². The van der Waals surface area contributed by atoms with Crippen LogP contribution in [0.1, 0.15) is 0 Å². The highest BCUT2D eigenvalue weighted by molar-refractivity contribution is 6.04. The predicted octanol–water partition coefficient (Wildman–Crippen LogP) is -0.00540. The molecule has 0 atom stereocenters. The third kappa shape index (κ3) is 2.71. The molecule has 1 aromatic rings. The van der Waals surface area contributed by atoms with Gasteiger partial charge in [-0.2, -0.15) is 0 Å². The highest BCUT2D eigenvalue weighted by Crippen LogP contribution is 2.40. The van der Waals surface area contributed by atoms with Gasteiger partial charge in [0.05, 0.1) is 12.8 Å². The molecule has 1 amide bonds. The summed E-state index contributed by atoms with van der Waals surface area (Å²) in [5.74, 6) is -0.0589. The number of carbonyl (C=O) groups is 2. The van der Waals surface area contributed by atoms with E-state index < -0.39 is 5.97 Å². The van der Waals surface area contributed by atoms with Gasteiger partial charge in [0, 0.05) is 26.2 Å². The average molecular weight is 305 g/mol. The Kier molecular flexibility index (Phi) is 4.15. The van der Waals surface area contributed by atoms with Crippen molar-refractivity contribution in [2.45, 2.75) is 0 Å². The zero-order chi connectivity index (χ0) is 15.5. The van der Waals surface area contributed by atoms with Gasteiger partial charge >= 0.3 is 5.97 Å². The number of fused-ring (bicyclic) bond motifs is 1. The molecular formula is C15H19N3O4. The van der Waals surface area contributed by atoms with E-state index in [4.69, 9.17) is 9.47 Å². The number of benzene rings is 1. The monoisotopic (exact) mass is 305 g/mol. The Bertz CT molecular complexity index is 584. The van der Waals surface area contributed by atoms with Crippen LogP contribution in [0.15, 0.2) is 18.2 Å². The lowest BCUT2D eigenvalue weighted by molar-refractivity contribution is -0.140. The summed E-state index contributed by atoms with van der Waals surface area (Å²) in [7, 11) is 1.32. The molecule has 1 N–H and O–H groups in total. The van der Waals surface area contributed by atoms with E-state index in [9.17, 15) is 9.59 Å². The number of piperazine rings is 1. The Hall–Kier alpha value is -2.28. The molecule has 1 fully saturated rings. The Labute approximate surface area is 128 Å². The number of amides is 1. The second-order valence-electron chi connectivity index (χ2n) is 5.21. The third-order valence-electron chi connectivity index (χ3n) is 3.87. The Morgan fingerprint density at radius 2 is 2.14 bits per heavy atom. The standard InChI is InChI=1S/C15H19N3O4/c1-21-14(20)9-18-13(19)10-22-12-4-2-3-11(15(12)18)17-7-5-16-6-8-17/h2-4,16H,5-10H2,1H3. The van der Waals surface area contributed by atoms with Gasteiger partial charge < -0.3 is 19.7 Å². The van der Waals surface area contributed by atoms with E-state index in [0.717, 1.165) is 31.9 Å². The van der Waals surface area contributed by atoms with Crippen LogP contribution in [0, 0.1) is 0 Å². The molecule has 1 saturated heterocycles. The minimum Gasteiger partial charge on any atom is -0.481 e. The van der Waals surface area contributed by atoms with Gasteiger partial charge in [-0.05, 0) is 12.1 Å². The molecule has 0 spiro atoms. The molecule has 0 bridgehead atoms. The Morgan fingerprint density at radius 1 is 1.36 bits per heavy atom. The molecular weight excluding hydrogens is 286 g/mol. The molecule has 0 aromatic heterocycles. The van der Waals surface area contributed by atoms with E-state index in [0.29, 0.717) is 11.4 Å². The van der Waals surface area contributed by atoms with Gasteiger partial charge in [0.15, 0.2) is 6.61 Å². The van der Waals surface area contributed by atoms with Gasteiger partial charge in [0.2, 0.25) is 0 Å². The van der Waals surface area contributed by atoms with E-state index in [-0.39, 0.29) is 19.1 Å². The van der Waals surface area contributed by atoms with E-state index >= 15 is 0 Å². The quantitative estimate of drug-likeness (QED) is 0.792. The normalized spacial score (nSPS) is 17.8. The van der Waals surface area contributed by atoms with E-state index in [1.807, 2.05) is 18.2 Å². The molecule has 22 heavy (non-hydrogen) atoms. The molecule has 2 aliphatic rings. The van der Waals surface area contributed by atoms with Crippen LogP contribution in [0.3, 0.4) is 0 Å².